The molecule has 3 unspecified atom stereocenters. The van der Waals surface area contributed by atoms with E-state index < -0.39 is 11.5 Å². The first-order valence-corrected chi connectivity index (χ1v) is 7.26. The number of carboxylic acids is 1. The number of piperazine rings is 1. The van der Waals surface area contributed by atoms with E-state index >= 15 is 0 Å². The molecule has 3 N–H and O–H groups in total. The van der Waals surface area contributed by atoms with Gasteiger partial charge in [0.25, 0.3) is 0 Å². The fraction of sp³-hybridized carbons (Fsp3) is 0.929. The van der Waals surface area contributed by atoms with E-state index in [1.807, 2.05) is 6.92 Å². The predicted molar refractivity (Wildman–Crippen MR) is 77.2 cm³/mol. The van der Waals surface area contributed by atoms with E-state index in [9.17, 15) is 4.79 Å². The normalized spacial score (nSPS) is 29.1. The number of hydrogen-bond acceptors (Lipinski definition) is 4. The average Bonchev–Trinajstić information content (AvgIpc) is 2.35. The second kappa shape index (κ2) is 6.68. The van der Waals surface area contributed by atoms with E-state index in [2.05, 4.69) is 30.7 Å². The molecule has 5 heteroatoms. The summed E-state index contributed by atoms with van der Waals surface area (Å²) >= 11 is 0. The minimum absolute atomic E-state index is 0.484. The molecule has 0 spiro atoms. The standard InChI is InChI=1S/C14H29N3O2/c1-5-14(15,13(18)19)7-6-8-17-9-11(2)16(4)12(3)10-17/h11-12H,5-10,15H2,1-4H3,(H,18,19). The summed E-state index contributed by atoms with van der Waals surface area (Å²) in [5, 5.41) is 9.14. The summed E-state index contributed by atoms with van der Waals surface area (Å²) in [4.78, 5) is 16.0. The molecule has 19 heavy (non-hydrogen) atoms. The van der Waals surface area contributed by atoms with Crippen LogP contribution in [0.4, 0.5) is 0 Å². The summed E-state index contributed by atoms with van der Waals surface area (Å²) < 4.78 is 0. The van der Waals surface area contributed by atoms with Crippen LogP contribution in [0.25, 0.3) is 0 Å². The van der Waals surface area contributed by atoms with Crippen molar-refractivity contribution in [2.75, 3.05) is 26.7 Å². The highest BCUT2D eigenvalue weighted by molar-refractivity contribution is 5.78. The van der Waals surface area contributed by atoms with Gasteiger partial charge in [0.1, 0.15) is 5.54 Å². The first kappa shape index (κ1) is 16.4. The van der Waals surface area contributed by atoms with Crippen molar-refractivity contribution in [3.05, 3.63) is 0 Å². The summed E-state index contributed by atoms with van der Waals surface area (Å²) in [6.45, 7) is 9.36. The molecule has 0 saturated carbocycles. The highest BCUT2D eigenvalue weighted by Crippen LogP contribution is 2.17. The van der Waals surface area contributed by atoms with E-state index in [-0.39, 0.29) is 0 Å². The van der Waals surface area contributed by atoms with Crippen LogP contribution < -0.4 is 5.73 Å². The van der Waals surface area contributed by atoms with Crippen molar-refractivity contribution >= 4 is 5.97 Å². The SMILES string of the molecule is CCC(N)(CCCN1CC(C)N(C)C(C)C1)C(=O)O. The lowest BCUT2D eigenvalue weighted by atomic mass is 9.91. The lowest BCUT2D eigenvalue weighted by Gasteiger charge is -2.42. The second-order valence-electron chi connectivity index (χ2n) is 6.04. The van der Waals surface area contributed by atoms with E-state index in [1.165, 1.54) is 0 Å². The monoisotopic (exact) mass is 271 g/mol. The van der Waals surface area contributed by atoms with E-state index in [4.69, 9.17) is 10.8 Å². The van der Waals surface area contributed by atoms with Gasteiger partial charge in [-0.1, -0.05) is 6.92 Å². The largest absolute Gasteiger partial charge is 0.480 e. The van der Waals surface area contributed by atoms with Crippen LogP contribution in [-0.2, 0) is 4.79 Å². The molecule has 0 bridgehead atoms. The molecule has 1 aliphatic rings. The van der Waals surface area contributed by atoms with Crippen molar-refractivity contribution in [1.82, 2.24) is 9.80 Å². The van der Waals surface area contributed by atoms with Gasteiger partial charge in [-0.05, 0) is 46.7 Å². The molecule has 1 heterocycles. The van der Waals surface area contributed by atoms with Gasteiger partial charge in [-0.2, -0.15) is 0 Å². The molecule has 1 rings (SSSR count). The van der Waals surface area contributed by atoms with Gasteiger partial charge < -0.3 is 15.7 Å². The van der Waals surface area contributed by atoms with Crippen LogP contribution in [0.5, 0.6) is 0 Å². The van der Waals surface area contributed by atoms with Gasteiger partial charge >= 0.3 is 5.97 Å². The minimum Gasteiger partial charge on any atom is -0.480 e. The maximum Gasteiger partial charge on any atom is 0.323 e. The smallest absolute Gasteiger partial charge is 0.323 e. The van der Waals surface area contributed by atoms with Crippen LogP contribution in [0.2, 0.25) is 0 Å². The molecular weight excluding hydrogens is 242 g/mol. The Bertz CT molecular complexity index is 299. The van der Waals surface area contributed by atoms with Crippen molar-refractivity contribution in [3.8, 4) is 0 Å². The molecule has 112 valence electrons. The first-order valence-electron chi connectivity index (χ1n) is 7.26. The number of likely N-dealkylation sites (N-methyl/N-ethyl adjacent to an activating group) is 1. The zero-order chi connectivity index (χ0) is 14.6. The molecule has 1 fully saturated rings. The fourth-order valence-corrected chi connectivity index (χ4v) is 2.75. The molecule has 0 aromatic carbocycles. The van der Waals surface area contributed by atoms with Gasteiger partial charge in [0.15, 0.2) is 0 Å². The molecule has 0 aliphatic carbocycles. The summed E-state index contributed by atoms with van der Waals surface area (Å²) in [6, 6.07) is 1.11. The molecule has 0 radical (unpaired) electrons. The zero-order valence-electron chi connectivity index (χ0n) is 12.7. The number of carbonyl (C=O) groups is 1. The third-order valence-corrected chi connectivity index (χ3v) is 4.59. The Morgan fingerprint density at radius 3 is 2.32 bits per heavy atom. The Morgan fingerprint density at radius 1 is 1.37 bits per heavy atom. The number of rotatable bonds is 6. The third kappa shape index (κ3) is 4.16. The van der Waals surface area contributed by atoms with Crippen LogP contribution in [0.15, 0.2) is 0 Å². The van der Waals surface area contributed by atoms with Gasteiger partial charge in [-0.15, -0.1) is 0 Å². The van der Waals surface area contributed by atoms with E-state index in [1.54, 1.807) is 0 Å². The fourth-order valence-electron chi connectivity index (χ4n) is 2.75. The summed E-state index contributed by atoms with van der Waals surface area (Å²) in [5.41, 5.74) is 4.85. The zero-order valence-corrected chi connectivity index (χ0v) is 12.7. The highest BCUT2D eigenvalue weighted by atomic mass is 16.4. The Balaban J connectivity index is 2.39. The van der Waals surface area contributed by atoms with Crippen LogP contribution in [0.3, 0.4) is 0 Å². The Kier molecular flexibility index (Phi) is 5.77. The number of nitrogens with two attached hydrogens (primary N) is 1. The van der Waals surface area contributed by atoms with Gasteiger partial charge in [0.2, 0.25) is 0 Å². The van der Waals surface area contributed by atoms with E-state index in [0.717, 1.165) is 26.1 Å². The Morgan fingerprint density at radius 2 is 1.89 bits per heavy atom. The first-order chi connectivity index (χ1) is 8.80. The molecule has 5 nitrogen and oxygen atoms in total. The lowest BCUT2D eigenvalue weighted by molar-refractivity contribution is -0.143. The molecule has 0 aromatic heterocycles. The van der Waals surface area contributed by atoms with Crippen molar-refractivity contribution in [2.24, 2.45) is 5.73 Å². The minimum atomic E-state index is -1.05. The molecule has 0 amide bonds. The molecule has 1 aliphatic heterocycles. The quantitative estimate of drug-likeness (QED) is 0.754. The number of nitrogens with zero attached hydrogens (tertiary/aromatic N) is 2. The van der Waals surface area contributed by atoms with Crippen LogP contribution in [-0.4, -0.2) is 65.2 Å². The highest BCUT2D eigenvalue weighted by Gasteiger charge is 2.32. The van der Waals surface area contributed by atoms with Crippen molar-refractivity contribution in [3.63, 3.8) is 0 Å². The Labute approximate surface area is 116 Å². The lowest BCUT2D eigenvalue weighted by Crippen LogP contribution is -2.55. The molecule has 1 saturated heterocycles. The number of aliphatic carboxylic acids is 1. The predicted octanol–water partition coefficient (Wildman–Crippen LogP) is 0.983. The third-order valence-electron chi connectivity index (χ3n) is 4.59. The molecule has 3 atom stereocenters. The van der Waals surface area contributed by atoms with Crippen LogP contribution in [0.1, 0.15) is 40.0 Å². The van der Waals surface area contributed by atoms with Crippen molar-refractivity contribution in [1.29, 1.82) is 0 Å². The number of carboxylic acid groups (broad SMARTS) is 1. The van der Waals surface area contributed by atoms with Crippen molar-refractivity contribution in [2.45, 2.75) is 57.7 Å². The maximum atomic E-state index is 11.1. The molecular formula is C14H29N3O2. The maximum absolute atomic E-state index is 11.1. The summed E-state index contributed by atoms with van der Waals surface area (Å²) in [6.07, 6.45) is 1.88. The van der Waals surface area contributed by atoms with E-state index in [0.29, 0.717) is 24.9 Å². The second-order valence-corrected chi connectivity index (χ2v) is 6.04. The van der Waals surface area contributed by atoms with Crippen LogP contribution in [0, 0.1) is 0 Å². The summed E-state index contributed by atoms with van der Waals surface area (Å²) in [5.74, 6) is -0.880. The van der Waals surface area contributed by atoms with Gasteiger partial charge in [0.05, 0.1) is 0 Å². The van der Waals surface area contributed by atoms with Crippen molar-refractivity contribution < 1.29 is 9.90 Å². The summed E-state index contributed by atoms with van der Waals surface area (Å²) in [7, 11) is 2.17. The van der Waals surface area contributed by atoms with Gasteiger partial charge in [-0.3, -0.25) is 9.69 Å². The molecule has 0 aromatic rings. The Hall–Kier alpha value is -0.650. The van der Waals surface area contributed by atoms with Gasteiger partial charge in [-0.25, -0.2) is 0 Å². The average molecular weight is 271 g/mol. The number of hydrogen-bond donors (Lipinski definition) is 2. The van der Waals surface area contributed by atoms with Crippen LogP contribution >= 0.6 is 0 Å². The van der Waals surface area contributed by atoms with Gasteiger partial charge in [0, 0.05) is 25.2 Å². The topological polar surface area (TPSA) is 69.8 Å².